The van der Waals surface area contributed by atoms with Gasteiger partial charge in [0.05, 0.1) is 17.1 Å². The lowest BCUT2D eigenvalue weighted by Crippen LogP contribution is -2.24. The fourth-order valence-electron chi connectivity index (χ4n) is 4.58. The molecule has 4 rings (SSSR count). The topological polar surface area (TPSA) is 9.23 Å². The molecule has 2 saturated carbocycles. The van der Waals surface area contributed by atoms with Crippen LogP contribution in [-0.4, -0.2) is 17.1 Å². The average Bonchev–Trinajstić information content (AvgIpc) is 2.57. The zero-order valence-corrected chi connectivity index (χ0v) is 9.67. The maximum absolute atomic E-state index is 6.87. The zero-order chi connectivity index (χ0) is 10.1. The molecule has 5 atom stereocenters. The van der Waals surface area contributed by atoms with Crippen molar-refractivity contribution < 1.29 is 4.74 Å². The Bertz CT molecular complexity index is 339. The molecular weight excluding hydrogens is 208 g/mol. The van der Waals surface area contributed by atoms with E-state index in [2.05, 4.69) is 12.2 Å². The van der Waals surface area contributed by atoms with Crippen molar-refractivity contribution in [1.82, 2.24) is 0 Å². The molecule has 1 unspecified atom stereocenters. The van der Waals surface area contributed by atoms with E-state index >= 15 is 0 Å². The van der Waals surface area contributed by atoms with E-state index in [-0.39, 0.29) is 11.0 Å². The molecule has 0 aromatic rings. The highest BCUT2D eigenvalue weighted by Gasteiger charge is 2.85. The molecule has 3 fully saturated rings. The summed E-state index contributed by atoms with van der Waals surface area (Å²) in [7, 11) is 0. The Morgan fingerprint density at radius 2 is 1.87 bits per heavy atom. The lowest BCUT2D eigenvalue weighted by atomic mass is 9.84. The molecule has 15 heavy (non-hydrogen) atoms. The number of hydrogen-bond donors (Lipinski definition) is 0. The van der Waals surface area contributed by atoms with E-state index in [1.165, 1.54) is 38.5 Å². The van der Waals surface area contributed by atoms with Crippen molar-refractivity contribution in [2.75, 3.05) is 0 Å². The summed E-state index contributed by atoms with van der Waals surface area (Å²) in [5.74, 6) is 0.741. The molecule has 2 heterocycles. The van der Waals surface area contributed by atoms with Gasteiger partial charge < -0.3 is 4.74 Å². The lowest BCUT2D eigenvalue weighted by Gasteiger charge is -2.22. The minimum absolute atomic E-state index is 0.00322. The van der Waals surface area contributed by atoms with Gasteiger partial charge in [-0.2, -0.15) is 0 Å². The summed E-state index contributed by atoms with van der Waals surface area (Å²) >= 11 is 6.87. The van der Waals surface area contributed by atoms with Crippen molar-refractivity contribution >= 4 is 11.6 Å². The first-order valence-electron chi connectivity index (χ1n) is 6.33. The van der Waals surface area contributed by atoms with Crippen LogP contribution in [0.25, 0.3) is 0 Å². The molecule has 2 heteroatoms. The summed E-state index contributed by atoms with van der Waals surface area (Å²) in [5, 5.41) is 0. The van der Waals surface area contributed by atoms with Gasteiger partial charge in [0.15, 0.2) is 0 Å². The first-order chi connectivity index (χ1) is 7.30. The lowest BCUT2D eigenvalue weighted by molar-refractivity contribution is 0.0504. The normalized spacial score (nSPS) is 60.7. The number of alkyl halides is 1. The van der Waals surface area contributed by atoms with Crippen molar-refractivity contribution in [3.63, 3.8) is 0 Å². The minimum Gasteiger partial charge on any atom is -0.364 e. The summed E-state index contributed by atoms with van der Waals surface area (Å²) in [4.78, 5) is -0.00322. The molecule has 4 aliphatic rings. The molecule has 0 N–H and O–H groups in total. The van der Waals surface area contributed by atoms with Gasteiger partial charge in [-0.15, -0.1) is 11.6 Å². The Morgan fingerprint density at radius 3 is 2.80 bits per heavy atom. The summed E-state index contributed by atoms with van der Waals surface area (Å²) in [5.41, 5.74) is 0.342. The molecule has 1 nitrogen and oxygen atoms in total. The second-order valence-electron chi connectivity index (χ2n) is 5.68. The summed E-state index contributed by atoms with van der Waals surface area (Å²) in [6.45, 7) is 0. The van der Waals surface area contributed by atoms with Crippen LogP contribution < -0.4 is 0 Å². The van der Waals surface area contributed by atoms with Crippen LogP contribution in [0.2, 0.25) is 0 Å². The second kappa shape index (κ2) is 2.62. The van der Waals surface area contributed by atoms with Crippen molar-refractivity contribution in [3.05, 3.63) is 12.2 Å². The standard InChI is InChI=1S/C13H17ClO/c14-13-9-5-3-1-2-4-8-12(9,13)10-6-7-11(13)15-10/h6-7,9-11H,1-5,8H2/t9-,10+,11-,12?,13+/m0/s1. The van der Waals surface area contributed by atoms with Crippen LogP contribution in [0.3, 0.4) is 0 Å². The maximum Gasteiger partial charge on any atom is 0.0966 e. The third-order valence-corrected chi connectivity index (χ3v) is 6.10. The van der Waals surface area contributed by atoms with Crippen LogP contribution in [0, 0.1) is 11.3 Å². The fourth-order valence-corrected chi connectivity index (χ4v) is 5.29. The summed E-state index contributed by atoms with van der Waals surface area (Å²) in [6, 6.07) is 0. The van der Waals surface area contributed by atoms with E-state index in [4.69, 9.17) is 16.3 Å². The third kappa shape index (κ3) is 0.805. The van der Waals surface area contributed by atoms with E-state index in [1.54, 1.807) is 0 Å². The van der Waals surface area contributed by atoms with Crippen LogP contribution in [0.1, 0.15) is 38.5 Å². The van der Waals surface area contributed by atoms with Gasteiger partial charge in [-0.25, -0.2) is 0 Å². The Morgan fingerprint density at radius 1 is 1.07 bits per heavy atom. The quantitative estimate of drug-likeness (QED) is 0.453. The van der Waals surface area contributed by atoms with Crippen molar-refractivity contribution in [3.8, 4) is 0 Å². The average molecular weight is 225 g/mol. The number of fused-ring (bicyclic) bond motifs is 4. The van der Waals surface area contributed by atoms with E-state index in [1.807, 2.05) is 0 Å². The van der Waals surface area contributed by atoms with Crippen LogP contribution in [-0.2, 0) is 4.74 Å². The molecular formula is C13H17ClO. The SMILES string of the molecule is Cl[C@]12[C@@H]3C=C[C@@H](O3)C13CCCCCC[C@@H]32. The molecule has 2 aliphatic carbocycles. The zero-order valence-electron chi connectivity index (χ0n) is 8.92. The molecule has 2 aliphatic heterocycles. The first-order valence-corrected chi connectivity index (χ1v) is 6.70. The van der Waals surface area contributed by atoms with Gasteiger partial charge in [-0.05, 0) is 18.8 Å². The van der Waals surface area contributed by atoms with Crippen LogP contribution >= 0.6 is 11.6 Å². The van der Waals surface area contributed by atoms with Crippen LogP contribution in [0.15, 0.2) is 12.2 Å². The Kier molecular flexibility index (Phi) is 1.59. The van der Waals surface area contributed by atoms with Gasteiger partial charge in [0.2, 0.25) is 0 Å². The molecule has 1 spiro atoms. The van der Waals surface area contributed by atoms with E-state index in [0.29, 0.717) is 11.5 Å². The van der Waals surface area contributed by atoms with Gasteiger partial charge in [0.1, 0.15) is 0 Å². The summed E-state index contributed by atoms with van der Waals surface area (Å²) < 4.78 is 5.95. The Labute approximate surface area is 95.8 Å². The van der Waals surface area contributed by atoms with Crippen LogP contribution in [0.5, 0.6) is 0 Å². The fraction of sp³-hybridized carbons (Fsp3) is 0.846. The van der Waals surface area contributed by atoms with Crippen LogP contribution in [0.4, 0.5) is 0 Å². The molecule has 0 amide bonds. The van der Waals surface area contributed by atoms with Crippen molar-refractivity contribution in [1.29, 1.82) is 0 Å². The molecule has 2 bridgehead atoms. The predicted octanol–water partition coefficient (Wildman–Crippen LogP) is 3.27. The van der Waals surface area contributed by atoms with Gasteiger partial charge in [0.25, 0.3) is 0 Å². The van der Waals surface area contributed by atoms with E-state index in [9.17, 15) is 0 Å². The molecule has 0 aromatic carbocycles. The largest absolute Gasteiger partial charge is 0.364 e. The van der Waals surface area contributed by atoms with Gasteiger partial charge in [-0.1, -0.05) is 37.8 Å². The Hall–Kier alpha value is -0.0100. The molecule has 0 radical (unpaired) electrons. The number of hydrogen-bond acceptors (Lipinski definition) is 1. The monoisotopic (exact) mass is 224 g/mol. The van der Waals surface area contributed by atoms with Crippen molar-refractivity contribution in [2.24, 2.45) is 11.3 Å². The smallest absolute Gasteiger partial charge is 0.0966 e. The highest BCUT2D eigenvalue weighted by molar-refractivity contribution is 6.28. The number of ether oxygens (including phenoxy) is 1. The van der Waals surface area contributed by atoms with E-state index < -0.39 is 0 Å². The third-order valence-electron chi connectivity index (χ3n) is 5.27. The molecule has 0 aromatic heterocycles. The number of halogens is 1. The Balaban J connectivity index is 1.74. The number of rotatable bonds is 0. The highest BCUT2D eigenvalue weighted by Crippen LogP contribution is 2.80. The second-order valence-corrected chi connectivity index (χ2v) is 6.30. The first kappa shape index (κ1) is 9.07. The minimum atomic E-state index is -0.00322. The van der Waals surface area contributed by atoms with Crippen molar-refractivity contribution in [2.45, 2.75) is 55.6 Å². The molecule has 82 valence electrons. The van der Waals surface area contributed by atoms with Gasteiger partial charge >= 0.3 is 0 Å². The predicted molar refractivity (Wildman–Crippen MR) is 60.0 cm³/mol. The van der Waals surface area contributed by atoms with E-state index in [0.717, 1.165) is 5.92 Å². The van der Waals surface area contributed by atoms with Gasteiger partial charge in [0, 0.05) is 5.41 Å². The molecule has 1 saturated heterocycles. The van der Waals surface area contributed by atoms with Gasteiger partial charge in [-0.3, -0.25) is 0 Å². The maximum atomic E-state index is 6.87. The highest BCUT2D eigenvalue weighted by atomic mass is 35.5. The summed E-state index contributed by atoms with van der Waals surface area (Å²) in [6.07, 6.45) is 13.2.